The molecule has 2 heterocycles. The van der Waals surface area contributed by atoms with Crippen molar-refractivity contribution in [2.75, 3.05) is 0 Å². The number of aryl methyl sites for hydroxylation is 1. The van der Waals surface area contributed by atoms with E-state index in [-0.39, 0.29) is 11.2 Å². The number of nitrogens with zero attached hydrogens (tertiary/aromatic N) is 3. The number of Topliss-reactive ketones (excluding diaryl/α,β-unsaturated/α-hetero) is 1. The van der Waals surface area contributed by atoms with Crippen molar-refractivity contribution in [1.29, 1.82) is 0 Å². The van der Waals surface area contributed by atoms with Crippen LogP contribution in [0.1, 0.15) is 36.3 Å². The highest BCUT2D eigenvalue weighted by Gasteiger charge is 2.32. The molecule has 110 valence electrons. The van der Waals surface area contributed by atoms with Gasteiger partial charge in [0.2, 0.25) is 0 Å². The first-order valence-corrected chi connectivity index (χ1v) is 6.84. The van der Waals surface area contributed by atoms with Gasteiger partial charge in [0.05, 0.1) is 11.1 Å². The highest BCUT2D eigenvalue weighted by Crippen LogP contribution is 2.34. The van der Waals surface area contributed by atoms with Gasteiger partial charge in [-0.05, 0) is 17.9 Å². The van der Waals surface area contributed by atoms with Crippen molar-refractivity contribution in [3.05, 3.63) is 38.2 Å². The zero-order valence-corrected chi connectivity index (χ0v) is 12.6. The van der Waals surface area contributed by atoms with Crippen LogP contribution in [0.5, 0.6) is 0 Å². The molecule has 0 amide bonds. The number of aromatic nitrogens is 3. The zero-order valence-electron chi connectivity index (χ0n) is 12.6. The maximum absolute atomic E-state index is 12.3. The molecule has 1 aliphatic rings. The van der Waals surface area contributed by atoms with E-state index in [4.69, 9.17) is 0 Å². The van der Waals surface area contributed by atoms with E-state index >= 15 is 0 Å². The summed E-state index contributed by atoms with van der Waals surface area (Å²) in [5, 5.41) is 0.311. The lowest BCUT2D eigenvalue weighted by Gasteiger charge is -2.29. The molecule has 0 aliphatic heterocycles. The monoisotopic (exact) mass is 287 g/mol. The summed E-state index contributed by atoms with van der Waals surface area (Å²) in [5.74, 6) is 0.00607. The molecule has 0 saturated carbocycles. The Balaban J connectivity index is 2.44. The summed E-state index contributed by atoms with van der Waals surface area (Å²) >= 11 is 0. The van der Waals surface area contributed by atoms with Crippen molar-refractivity contribution < 1.29 is 4.79 Å². The van der Waals surface area contributed by atoms with Gasteiger partial charge >= 0.3 is 5.69 Å². The predicted molar refractivity (Wildman–Crippen MR) is 78.7 cm³/mol. The number of rotatable bonds is 0. The van der Waals surface area contributed by atoms with Crippen LogP contribution in [0.15, 0.2) is 15.7 Å². The fraction of sp³-hybridized carbons (Fsp3) is 0.467. The van der Waals surface area contributed by atoms with Crippen LogP contribution in [0, 0.1) is 5.41 Å². The molecule has 0 spiro atoms. The number of pyridine rings is 1. The number of carbonyl (C=O) groups is 1. The van der Waals surface area contributed by atoms with E-state index in [9.17, 15) is 14.4 Å². The highest BCUT2D eigenvalue weighted by molar-refractivity contribution is 6.01. The molecule has 1 aliphatic carbocycles. The molecule has 3 rings (SSSR count). The number of fused-ring (bicyclic) bond motifs is 2. The molecule has 0 aromatic carbocycles. The molecule has 0 atom stereocenters. The third-order valence-corrected chi connectivity index (χ3v) is 4.09. The van der Waals surface area contributed by atoms with Crippen molar-refractivity contribution in [2.24, 2.45) is 19.5 Å². The Bertz CT molecular complexity index is 903. The summed E-state index contributed by atoms with van der Waals surface area (Å²) in [4.78, 5) is 40.9. The second-order valence-corrected chi connectivity index (χ2v) is 6.50. The van der Waals surface area contributed by atoms with E-state index in [0.29, 0.717) is 35.1 Å². The molecule has 2 aromatic heterocycles. The van der Waals surface area contributed by atoms with Crippen LogP contribution in [-0.4, -0.2) is 19.9 Å². The second kappa shape index (κ2) is 4.13. The molecule has 0 saturated heterocycles. The molecule has 6 heteroatoms. The van der Waals surface area contributed by atoms with Crippen molar-refractivity contribution >= 4 is 16.8 Å². The maximum Gasteiger partial charge on any atom is 0.332 e. The van der Waals surface area contributed by atoms with Gasteiger partial charge in [-0.15, -0.1) is 0 Å². The van der Waals surface area contributed by atoms with Gasteiger partial charge in [-0.3, -0.25) is 18.7 Å². The van der Waals surface area contributed by atoms with E-state index in [2.05, 4.69) is 4.98 Å². The smallest absolute Gasteiger partial charge is 0.294 e. The number of hydrogen-bond acceptors (Lipinski definition) is 4. The lowest BCUT2D eigenvalue weighted by molar-refractivity contribution is 0.0910. The van der Waals surface area contributed by atoms with Gasteiger partial charge < -0.3 is 0 Å². The third-order valence-electron chi connectivity index (χ3n) is 4.09. The molecule has 0 fully saturated rings. The van der Waals surface area contributed by atoms with Gasteiger partial charge in [0.1, 0.15) is 5.65 Å². The minimum Gasteiger partial charge on any atom is -0.294 e. The minimum atomic E-state index is -0.416. The fourth-order valence-corrected chi connectivity index (χ4v) is 2.96. The predicted octanol–water partition coefficient (Wildman–Crippen LogP) is 0.787. The minimum absolute atomic E-state index is 0.00607. The van der Waals surface area contributed by atoms with E-state index < -0.39 is 11.2 Å². The molecular formula is C15H17N3O3. The normalized spacial score (nSPS) is 17.0. The SMILES string of the molecule is Cn1c(=O)c2cc3c(nc2n(C)c1=O)CC(C)(C)CC3=O. The van der Waals surface area contributed by atoms with Crippen molar-refractivity contribution in [1.82, 2.24) is 14.1 Å². The van der Waals surface area contributed by atoms with Crippen molar-refractivity contribution in [3.63, 3.8) is 0 Å². The van der Waals surface area contributed by atoms with Crippen LogP contribution in [0.25, 0.3) is 11.0 Å². The Morgan fingerprint density at radius 2 is 1.76 bits per heavy atom. The largest absolute Gasteiger partial charge is 0.332 e. The Morgan fingerprint density at radius 1 is 1.10 bits per heavy atom. The summed E-state index contributed by atoms with van der Waals surface area (Å²) in [5.41, 5.74) is 0.544. The Kier molecular flexibility index (Phi) is 2.70. The number of hydrogen-bond donors (Lipinski definition) is 0. The summed E-state index contributed by atoms with van der Waals surface area (Å²) in [6.45, 7) is 4.03. The standard InChI is InChI=1S/C15H17N3O3/c1-15(2)6-10-8(11(19)7-15)5-9-12(16-10)17(3)14(21)18(4)13(9)20/h5H,6-7H2,1-4H3. The Morgan fingerprint density at radius 3 is 2.43 bits per heavy atom. The van der Waals surface area contributed by atoms with Crippen LogP contribution in [-0.2, 0) is 20.5 Å². The Hall–Kier alpha value is -2.24. The highest BCUT2D eigenvalue weighted by atomic mass is 16.2. The summed E-state index contributed by atoms with van der Waals surface area (Å²) < 4.78 is 2.39. The molecule has 0 radical (unpaired) electrons. The molecule has 2 aromatic rings. The molecular weight excluding hydrogens is 270 g/mol. The first-order valence-electron chi connectivity index (χ1n) is 6.84. The quantitative estimate of drug-likeness (QED) is 0.718. The lowest BCUT2D eigenvalue weighted by atomic mass is 9.75. The number of carbonyl (C=O) groups excluding carboxylic acids is 1. The van der Waals surface area contributed by atoms with Gasteiger partial charge in [0.25, 0.3) is 5.56 Å². The van der Waals surface area contributed by atoms with Crippen molar-refractivity contribution in [2.45, 2.75) is 26.7 Å². The van der Waals surface area contributed by atoms with Gasteiger partial charge in [0.15, 0.2) is 5.78 Å². The average Bonchev–Trinajstić information content (AvgIpc) is 2.40. The van der Waals surface area contributed by atoms with Crippen LogP contribution in [0.3, 0.4) is 0 Å². The van der Waals surface area contributed by atoms with Gasteiger partial charge in [-0.1, -0.05) is 13.8 Å². The molecule has 0 N–H and O–H groups in total. The van der Waals surface area contributed by atoms with Crippen LogP contribution < -0.4 is 11.2 Å². The van der Waals surface area contributed by atoms with E-state index in [1.54, 1.807) is 13.1 Å². The van der Waals surface area contributed by atoms with Gasteiger partial charge in [0, 0.05) is 26.1 Å². The van der Waals surface area contributed by atoms with Gasteiger partial charge in [-0.25, -0.2) is 9.78 Å². The topological polar surface area (TPSA) is 74.0 Å². The average molecular weight is 287 g/mol. The maximum atomic E-state index is 12.3. The molecule has 6 nitrogen and oxygen atoms in total. The molecule has 0 bridgehead atoms. The first-order chi connectivity index (χ1) is 9.71. The molecule has 21 heavy (non-hydrogen) atoms. The zero-order chi connectivity index (χ0) is 15.5. The lowest BCUT2D eigenvalue weighted by Crippen LogP contribution is -2.38. The third kappa shape index (κ3) is 1.93. The van der Waals surface area contributed by atoms with E-state index in [0.717, 1.165) is 4.57 Å². The molecule has 0 unspecified atom stereocenters. The number of ketones is 1. The van der Waals surface area contributed by atoms with Crippen molar-refractivity contribution in [3.8, 4) is 0 Å². The van der Waals surface area contributed by atoms with Crippen LogP contribution >= 0.6 is 0 Å². The second-order valence-electron chi connectivity index (χ2n) is 6.50. The summed E-state index contributed by atoms with van der Waals surface area (Å²) in [6.07, 6.45) is 1.10. The summed E-state index contributed by atoms with van der Waals surface area (Å²) in [7, 11) is 3.01. The first kappa shape index (κ1) is 13.7. The fourth-order valence-electron chi connectivity index (χ4n) is 2.96. The Labute approximate surface area is 121 Å². The van der Waals surface area contributed by atoms with Crippen LogP contribution in [0.2, 0.25) is 0 Å². The van der Waals surface area contributed by atoms with Crippen LogP contribution in [0.4, 0.5) is 0 Å². The van der Waals surface area contributed by atoms with E-state index in [1.165, 1.54) is 11.6 Å². The van der Waals surface area contributed by atoms with Gasteiger partial charge in [-0.2, -0.15) is 0 Å². The van der Waals surface area contributed by atoms with E-state index in [1.807, 2.05) is 13.8 Å². The summed E-state index contributed by atoms with van der Waals surface area (Å²) in [6, 6.07) is 1.59.